The fourth-order valence-electron chi connectivity index (χ4n) is 4.45. The molecule has 0 saturated carbocycles. The van der Waals surface area contributed by atoms with Crippen molar-refractivity contribution in [2.75, 3.05) is 6.54 Å². The van der Waals surface area contributed by atoms with Crippen molar-refractivity contribution in [1.29, 1.82) is 0 Å². The number of thiophene rings is 1. The average molecular weight is 509 g/mol. The third-order valence-electron chi connectivity index (χ3n) is 6.19. The van der Waals surface area contributed by atoms with Gasteiger partial charge in [-0.05, 0) is 64.8 Å². The molecule has 4 aromatic rings. The minimum Gasteiger partial charge on any atom is -0.484 e. The van der Waals surface area contributed by atoms with Crippen molar-refractivity contribution in [3.05, 3.63) is 68.3 Å². The summed E-state index contributed by atoms with van der Waals surface area (Å²) in [5, 5.41) is 14.2. The summed E-state index contributed by atoms with van der Waals surface area (Å²) in [4.78, 5) is 34.2. The van der Waals surface area contributed by atoms with Crippen LogP contribution in [0.2, 0.25) is 0 Å². The number of aliphatic hydroxyl groups is 1. The van der Waals surface area contributed by atoms with E-state index in [2.05, 4.69) is 15.3 Å². The number of fused-ring (bicyclic) bond motifs is 1. The molecule has 4 rings (SSSR count). The summed E-state index contributed by atoms with van der Waals surface area (Å²) in [6, 6.07) is 3.56. The first-order chi connectivity index (χ1) is 16.9. The molecular formula is C27H32N4O4S. The molecule has 0 spiro atoms. The second kappa shape index (κ2) is 9.55. The van der Waals surface area contributed by atoms with Gasteiger partial charge < -0.3 is 24.7 Å². The van der Waals surface area contributed by atoms with Crippen molar-refractivity contribution in [3.63, 3.8) is 0 Å². The number of hydrogen-bond donors (Lipinski definition) is 3. The number of aromatic nitrogens is 3. The minimum absolute atomic E-state index is 0.234. The van der Waals surface area contributed by atoms with Gasteiger partial charge in [-0.25, -0.2) is 0 Å². The zero-order valence-electron chi connectivity index (χ0n) is 21.6. The first-order valence-electron chi connectivity index (χ1n) is 11.9. The van der Waals surface area contributed by atoms with Gasteiger partial charge in [0.25, 0.3) is 11.5 Å². The smallest absolute Gasteiger partial charge is 0.274 e. The predicted molar refractivity (Wildman–Crippen MR) is 143 cm³/mol. The zero-order valence-corrected chi connectivity index (χ0v) is 22.5. The number of aromatic amines is 1. The van der Waals surface area contributed by atoms with Crippen LogP contribution in [0.15, 0.2) is 35.5 Å². The van der Waals surface area contributed by atoms with Crippen LogP contribution in [-0.4, -0.2) is 32.1 Å². The fraction of sp³-hybridized carbons (Fsp3) is 0.370. The molecule has 1 unspecified atom stereocenters. The molecule has 0 aromatic carbocycles. The summed E-state index contributed by atoms with van der Waals surface area (Å²) >= 11 is 1.41. The lowest BCUT2D eigenvalue weighted by Gasteiger charge is -2.19. The van der Waals surface area contributed by atoms with Gasteiger partial charge in [-0.1, -0.05) is 0 Å². The van der Waals surface area contributed by atoms with Gasteiger partial charge in [-0.3, -0.25) is 14.6 Å². The van der Waals surface area contributed by atoms with Gasteiger partial charge in [0, 0.05) is 53.6 Å². The maximum Gasteiger partial charge on any atom is 0.274 e. The molecule has 36 heavy (non-hydrogen) atoms. The minimum atomic E-state index is -1.09. The molecule has 0 aliphatic rings. The van der Waals surface area contributed by atoms with Crippen LogP contribution >= 0.6 is 11.3 Å². The molecule has 4 aromatic heterocycles. The Hall–Kier alpha value is -3.43. The van der Waals surface area contributed by atoms with E-state index in [4.69, 9.17) is 4.74 Å². The lowest BCUT2D eigenvalue weighted by Crippen LogP contribution is -2.23. The Labute approximate surface area is 214 Å². The SMILES string of the molecule is CCNC(=O)c1cc2c(-c3sc(C(C)(C)O)cc3OC(C)c3c(C)cncc3C)cn(C)c(=O)c2[nH]1. The van der Waals surface area contributed by atoms with E-state index in [9.17, 15) is 14.7 Å². The molecule has 0 fully saturated rings. The molecular weight excluding hydrogens is 476 g/mol. The Kier molecular flexibility index (Phi) is 6.81. The van der Waals surface area contributed by atoms with Crippen LogP contribution in [0.25, 0.3) is 21.3 Å². The number of nitrogens with zero attached hydrogens (tertiary/aromatic N) is 2. The lowest BCUT2D eigenvalue weighted by atomic mass is 10.0. The molecule has 0 aliphatic heterocycles. The number of H-pyrrole nitrogens is 1. The highest BCUT2D eigenvalue weighted by Crippen LogP contribution is 2.45. The molecule has 0 aliphatic carbocycles. The normalized spacial score (nSPS) is 12.7. The third kappa shape index (κ3) is 4.68. The Morgan fingerprint density at radius 3 is 2.56 bits per heavy atom. The summed E-state index contributed by atoms with van der Waals surface area (Å²) in [6.07, 6.45) is 5.10. The van der Waals surface area contributed by atoms with Gasteiger partial charge in [-0.2, -0.15) is 0 Å². The van der Waals surface area contributed by atoms with Crippen LogP contribution in [0.4, 0.5) is 0 Å². The highest BCUT2D eigenvalue weighted by Gasteiger charge is 2.27. The number of hydrogen-bond acceptors (Lipinski definition) is 6. The van der Waals surface area contributed by atoms with E-state index in [1.54, 1.807) is 33.2 Å². The zero-order chi connectivity index (χ0) is 26.4. The second-order valence-corrected chi connectivity index (χ2v) is 10.7. The van der Waals surface area contributed by atoms with Crippen LogP contribution in [-0.2, 0) is 12.6 Å². The maximum atomic E-state index is 12.9. The molecule has 0 saturated heterocycles. The molecule has 4 heterocycles. The number of rotatable bonds is 7. The predicted octanol–water partition coefficient (Wildman–Crippen LogP) is 4.72. The van der Waals surface area contributed by atoms with Crippen molar-refractivity contribution in [2.24, 2.45) is 7.05 Å². The second-order valence-electron chi connectivity index (χ2n) is 9.60. The Morgan fingerprint density at radius 2 is 1.94 bits per heavy atom. The van der Waals surface area contributed by atoms with Gasteiger partial charge in [0.05, 0.1) is 10.5 Å². The summed E-state index contributed by atoms with van der Waals surface area (Å²) in [7, 11) is 1.68. The van der Waals surface area contributed by atoms with Gasteiger partial charge in [-0.15, -0.1) is 11.3 Å². The van der Waals surface area contributed by atoms with Crippen molar-refractivity contribution in [2.45, 2.75) is 53.2 Å². The summed E-state index contributed by atoms with van der Waals surface area (Å²) in [6.45, 7) is 11.8. The standard InChI is InChI=1S/C27H32N4O4S/c1-8-29-25(32)19-9-17-18(13-31(7)26(33)23(17)30-19)24-20(10-21(36-24)27(5,6)34)35-16(4)22-14(2)11-28-12-15(22)3/h9-13,16,30,34H,8H2,1-7H3,(H,29,32). The number of carbonyl (C=O) groups excluding carboxylic acids is 1. The first kappa shape index (κ1) is 25.7. The molecule has 8 nitrogen and oxygen atoms in total. The summed E-state index contributed by atoms with van der Waals surface area (Å²) < 4.78 is 8.02. The van der Waals surface area contributed by atoms with E-state index in [-0.39, 0.29) is 17.6 Å². The van der Waals surface area contributed by atoms with Crippen molar-refractivity contribution >= 4 is 28.1 Å². The quantitative estimate of drug-likeness (QED) is 0.335. The average Bonchev–Trinajstić information content (AvgIpc) is 3.42. The number of nitrogens with one attached hydrogen (secondary N) is 2. The fourth-order valence-corrected chi connectivity index (χ4v) is 5.56. The van der Waals surface area contributed by atoms with Crippen LogP contribution < -0.4 is 15.6 Å². The van der Waals surface area contributed by atoms with E-state index < -0.39 is 5.60 Å². The number of ether oxygens (including phenoxy) is 1. The molecule has 190 valence electrons. The maximum absolute atomic E-state index is 12.9. The Morgan fingerprint density at radius 1 is 1.28 bits per heavy atom. The van der Waals surface area contributed by atoms with Gasteiger partial charge in [0.1, 0.15) is 23.1 Å². The third-order valence-corrected chi connectivity index (χ3v) is 7.65. The Bertz CT molecular complexity index is 1490. The van der Waals surface area contributed by atoms with Gasteiger partial charge in [0.15, 0.2) is 0 Å². The topological polar surface area (TPSA) is 109 Å². The van der Waals surface area contributed by atoms with Gasteiger partial charge >= 0.3 is 0 Å². The largest absolute Gasteiger partial charge is 0.484 e. The van der Waals surface area contributed by atoms with Crippen LogP contribution in [0.5, 0.6) is 5.75 Å². The molecule has 1 amide bonds. The van der Waals surface area contributed by atoms with Crippen molar-refractivity contribution < 1.29 is 14.6 Å². The molecule has 9 heteroatoms. The van der Waals surface area contributed by atoms with E-state index in [1.165, 1.54) is 15.9 Å². The number of aryl methyl sites for hydroxylation is 3. The van der Waals surface area contributed by atoms with E-state index in [0.29, 0.717) is 28.9 Å². The van der Waals surface area contributed by atoms with E-state index in [1.807, 2.05) is 46.2 Å². The van der Waals surface area contributed by atoms with E-state index in [0.717, 1.165) is 32.0 Å². The molecule has 3 N–H and O–H groups in total. The first-order valence-corrected chi connectivity index (χ1v) is 12.7. The number of amides is 1. The van der Waals surface area contributed by atoms with Crippen molar-refractivity contribution in [1.82, 2.24) is 19.9 Å². The number of pyridine rings is 2. The summed E-state index contributed by atoms with van der Waals surface area (Å²) in [5.41, 5.74) is 3.19. The van der Waals surface area contributed by atoms with Crippen molar-refractivity contribution in [3.8, 4) is 16.2 Å². The highest BCUT2D eigenvalue weighted by atomic mass is 32.1. The van der Waals surface area contributed by atoms with Crippen LogP contribution in [0, 0.1) is 13.8 Å². The van der Waals surface area contributed by atoms with E-state index >= 15 is 0 Å². The van der Waals surface area contributed by atoms with Crippen LogP contribution in [0.1, 0.15) is 65.9 Å². The number of carbonyl (C=O) groups is 1. The van der Waals surface area contributed by atoms with Gasteiger partial charge in [0.2, 0.25) is 0 Å². The summed E-state index contributed by atoms with van der Waals surface area (Å²) in [5.74, 6) is 0.319. The molecule has 0 radical (unpaired) electrons. The van der Waals surface area contributed by atoms with Crippen LogP contribution in [0.3, 0.4) is 0 Å². The molecule has 0 bridgehead atoms. The Balaban J connectivity index is 1.91. The highest BCUT2D eigenvalue weighted by molar-refractivity contribution is 7.16. The monoisotopic (exact) mass is 508 g/mol. The molecule has 1 atom stereocenters. The lowest BCUT2D eigenvalue weighted by molar-refractivity contribution is 0.0821.